The molecule has 5 nitrogen and oxygen atoms in total. The Hall–Kier alpha value is -0.750. The lowest BCUT2D eigenvalue weighted by molar-refractivity contribution is -0.119. The number of hydrogen-bond acceptors (Lipinski definition) is 4. The van der Waals surface area contributed by atoms with Crippen LogP contribution in [0.25, 0.3) is 0 Å². The zero-order valence-electron chi connectivity index (χ0n) is 12.4. The number of likely N-dealkylation sites (N-methyl/N-ethyl adjacent to an activating group) is 1. The van der Waals surface area contributed by atoms with Gasteiger partial charge < -0.3 is 15.5 Å². The van der Waals surface area contributed by atoms with Crippen molar-refractivity contribution in [1.82, 2.24) is 15.5 Å². The molecule has 0 saturated heterocycles. The molecule has 111 valence electrons. The Balaban J connectivity index is 3.46. The fourth-order valence-corrected chi connectivity index (χ4v) is 1.90. The first-order chi connectivity index (χ1) is 8.95. The SMILES string of the molecule is CCN(C)CCNC(=O)CSC[CH]C(=O)NC(C)C. The van der Waals surface area contributed by atoms with E-state index in [9.17, 15) is 9.59 Å². The van der Waals surface area contributed by atoms with Crippen molar-refractivity contribution in [3.05, 3.63) is 6.42 Å². The predicted molar refractivity (Wildman–Crippen MR) is 81.1 cm³/mol. The molecule has 1 radical (unpaired) electrons. The molecule has 0 aromatic carbocycles. The highest BCUT2D eigenvalue weighted by Crippen LogP contribution is 2.01. The molecule has 0 bridgehead atoms. The predicted octanol–water partition coefficient (Wildman–Crippen LogP) is 0.516. The quantitative estimate of drug-likeness (QED) is 0.575. The number of nitrogens with zero attached hydrogens (tertiary/aromatic N) is 1. The van der Waals surface area contributed by atoms with E-state index in [1.165, 1.54) is 11.8 Å². The Labute approximate surface area is 120 Å². The molecule has 0 fully saturated rings. The van der Waals surface area contributed by atoms with Crippen LogP contribution in [0, 0.1) is 6.42 Å². The van der Waals surface area contributed by atoms with E-state index < -0.39 is 0 Å². The first-order valence-electron chi connectivity index (χ1n) is 6.62. The second kappa shape index (κ2) is 11.1. The van der Waals surface area contributed by atoms with Crippen molar-refractivity contribution in [2.24, 2.45) is 0 Å². The van der Waals surface area contributed by atoms with Gasteiger partial charge in [0.15, 0.2) is 0 Å². The van der Waals surface area contributed by atoms with E-state index in [1.54, 1.807) is 6.42 Å². The highest BCUT2D eigenvalue weighted by Gasteiger charge is 2.05. The van der Waals surface area contributed by atoms with E-state index in [2.05, 4.69) is 22.5 Å². The molecular weight excluding hydrogens is 262 g/mol. The zero-order chi connectivity index (χ0) is 14.7. The summed E-state index contributed by atoms with van der Waals surface area (Å²) in [6, 6.07) is 0.146. The molecule has 0 aliphatic carbocycles. The summed E-state index contributed by atoms with van der Waals surface area (Å²) in [6.45, 7) is 8.41. The van der Waals surface area contributed by atoms with Gasteiger partial charge in [-0.3, -0.25) is 9.59 Å². The first-order valence-corrected chi connectivity index (χ1v) is 7.77. The lowest BCUT2D eigenvalue weighted by Gasteiger charge is -2.13. The number of rotatable bonds is 10. The molecular formula is C13H26N3O2S. The van der Waals surface area contributed by atoms with Gasteiger partial charge in [-0.25, -0.2) is 0 Å². The molecule has 19 heavy (non-hydrogen) atoms. The summed E-state index contributed by atoms with van der Waals surface area (Å²) in [6.07, 6.45) is 1.57. The molecule has 0 aliphatic heterocycles. The Morgan fingerprint density at radius 2 is 2.05 bits per heavy atom. The number of nitrogens with one attached hydrogen (secondary N) is 2. The van der Waals surface area contributed by atoms with Crippen LogP contribution in [0.5, 0.6) is 0 Å². The zero-order valence-corrected chi connectivity index (χ0v) is 13.2. The van der Waals surface area contributed by atoms with E-state index >= 15 is 0 Å². The van der Waals surface area contributed by atoms with Crippen molar-refractivity contribution in [1.29, 1.82) is 0 Å². The van der Waals surface area contributed by atoms with Crippen molar-refractivity contribution >= 4 is 23.6 Å². The summed E-state index contributed by atoms with van der Waals surface area (Å²) in [5.41, 5.74) is 0. The van der Waals surface area contributed by atoms with Gasteiger partial charge in [0.2, 0.25) is 11.8 Å². The molecule has 0 aromatic heterocycles. The van der Waals surface area contributed by atoms with Gasteiger partial charge in [0.1, 0.15) is 0 Å². The van der Waals surface area contributed by atoms with Gasteiger partial charge in [-0.05, 0) is 27.4 Å². The number of carbonyl (C=O) groups is 2. The van der Waals surface area contributed by atoms with E-state index in [1.807, 2.05) is 20.9 Å². The molecule has 6 heteroatoms. The number of amides is 2. The smallest absolute Gasteiger partial charge is 0.230 e. The minimum absolute atomic E-state index is 0.0205. The normalized spacial score (nSPS) is 10.8. The van der Waals surface area contributed by atoms with Gasteiger partial charge in [-0.2, -0.15) is 11.8 Å². The van der Waals surface area contributed by atoms with E-state index in [4.69, 9.17) is 0 Å². The summed E-state index contributed by atoms with van der Waals surface area (Å²) < 4.78 is 0. The van der Waals surface area contributed by atoms with Crippen LogP contribution in [-0.2, 0) is 9.59 Å². The Morgan fingerprint density at radius 1 is 1.37 bits per heavy atom. The third-order valence-corrected chi connectivity index (χ3v) is 3.27. The molecule has 2 N–H and O–H groups in total. The number of carbonyl (C=O) groups excluding carboxylic acids is 2. The second-order valence-electron chi connectivity index (χ2n) is 4.63. The topological polar surface area (TPSA) is 61.4 Å². The third kappa shape index (κ3) is 12.0. The molecule has 0 aliphatic rings. The first kappa shape index (κ1) is 18.2. The minimum Gasteiger partial charge on any atom is -0.354 e. The van der Waals surface area contributed by atoms with Crippen molar-refractivity contribution in [2.45, 2.75) is 26.8 Å². The van der Waals surface area contributed by atoms with Crippen LogP contribution in [0.1, 0.15) is 20.8 Å². The summed E-state index contributed by atoms with van der Waals surface area (Å²) in [5, 5.41) is 5.62. The highest BCUT2D eigenvalue weighted by atomic mass is 32.2. The standard InChI is InChI=1S/C13H26N3O2S/c1-5-16(4)8-7-14-13(18)10-19-9-6-12(17)15-11(2)3/h6,11H,5,7-10H2,1-4H3,(H,14,18)(H,15,17). The van der Waals surface area contributed by atoms with E-state index in [0.29, 0.717) is 18.1 Å². The summed E-state index contributed by atoms with van der Waals surface area (Å²) in [4.78, 5) is 24.9. The lowest BCUT2D eigenvalue weighted by atomic mass is 10.3. The molecule has 0 aromatic rings. The largest absolute Gasteiger partial charge is 0.354 e. The molecule has 0 rings (SSSR count). The van der Waals surface area contributed by atoms with Gasteiger partial charge in [0.05, 0.1) is 12.2 Å². The van der Waals surface area contributed by atoms with Crippen molar-refractivity contribution in [2.75, 3.05) is 38.2 Å². The van der Waals surface area contributed by atoms with Crippen LogP contribution in [0.15, 0.2) is 0 Å². The van der Waals surface area contributed by atoms with Gasteiger partial charge in [0, 0.05) is 24.9 Å². The maximum atomic E-state index is 11.5. The van der Waals surface area contributed by atoms with Crippen LogP contribution in [0.4, 0.5) is 0 Å². The number of hydrogen-bond donors (Lipinski definition) is 2. The molecule has 0 unspecified atom stereocenters. The average molecular weight is 288 g/mol. The van der Waals surface area contributed by atoms with Gasteiger partial charge in [-0.1, -0.05) is 6.92 Å². The fraction of sp³-hybridized carbons (Fsp3) is 0.769. The number of thioether (sulfide) groups is 1. The van der Waals surface area contributed by atoms with E-state index in [-0.39, 0.29) is 17.9 Å². The van der Waals surface area contributed by atoms with E-state index in [0.717, 1.165) is 13.1 Å². The van der Waals surface area contributed by atoms with Gasteiger partial charge in [0.25, 0.3) is 0 Å². The minimum atomic E-state index is -0.0764. The molecule has 0 spiro atoms. The van der Waals surface area contributed by atoms with Crippen LogP contribution in [-0.4, -0.2) is 60.9 Å². The maximum absolute atomic E-state index is 11.5. The molecule has 2 amide bonds. The van der Waals surface area contributed by atoms with Crippen molar-refractivity contribution < 1.29 is 9.59 Å². The third-order valence-electron chi connectivity index (χ3n) is 2.41. The van der Waals surface area contributed by atoms with Crippen LogP contribution < -0.4 is 10.6 Å². The van der Waals surface area contributed by atoms with Gasteiger partial charge in [-0.15, -0.1) is 0 Å². The van der Waals surface area contributed by atoms with Gasteiger partial charge >= 0.3 is 0 Å². The molecule has 0 atom stereocenters. The Bertz CT molecular complexity index is 273. The van der Waals surface area contributed by atoms with Crippen LogP contribution in [0.3, 0.4) is 0 Å². The Kier molecular flexibility index (Phi) is 10.7. The van der Waals surface area contributed by atoms with Crippen LogP contribution >= 0.6 is 11.8 Å². The summed E-state index contributed by atoms with van der Waals surface area (Å²) in [7, 11) is 2.02. The fourth-order valence-electron chi connectivity index (χ4n) is 1.23. The monoisotopic (exact) mass is 288 g/mol. The Morgan fingerprint density at radius 3 is 2.63 bits per heavy atom. The summed E-state index contributed by atoms with van der Waals surface area (Å²) >= 11 is 1.44. The van der Waals surface area contributed by atoms with Crippen molar-refractivity contribution in [3.8, 4) is 0 Å². The highest BCUT2D eigenvalue weighted by molar-refractivity contribution is 8.00. The van der Waals surface area contributed by atoms with Crippen LogP contribution in [0.2, 0.25) is 0 Å². The lowest BCUT2D eigenvalue weighted by Crippen LogP contribution is -2.34. The maximum Gasteiger partial charge on any atom is 0.230 e. The molecule has 0 saturated carbocycles. The average Bonchev–Trinajstić information content (AvgIpc) is 2.33. The van der Waals surface area contributed by atoms with Crippen molar-refractivity contribution in [3.63, 3.8) is 0 Å². The second-order valence-corrected chi connectivity index (χ2v) is 5.66. The summed E-state index contributed by atoms with van der Waals surface area (Å²) in [5.74, 6) is 0.891. The molecule has 0 heterocycles.